The Hall–Kier alpha value is -0.0400. The second-order valence-corrected chi connectivity index (χ2v) is 2.98. The lowest BCUT2D eigenvalue weighted by Gasteiger charge is -2.45. The highest BCUT2D eigenvalue weighted by Crippen LogP contribution is 2.26. The van der Waals surface area contributed by atoms with Gasteiger partial charge >= 0.3 is 0 Å². The molecule has 1 nitrogen and oxygen atoms in total. The molecule has 11 heavy (non-hydrogen) atoms. The van der Waals surface area contributed by atoms with Crippen molar-refractivity contribution in [1.82, 2.24) is 4.90 Å². The lowest BCUT2D eigenvalue weighted by Crippen LogP contribution is -2.52. The first kappa shape index (κ1) is 13.5. The highest BCUT2D eigenvalue weighted by Gasteiger charge is 2.31. The molecule has 0 radical (unpaired) electrons. The standard InChI is InChI=1S/C6H13N.2C2H6/c1-6(2)4-5-7(6)3;2*1-2/h4-5H2,1-3H3;2*1-2H3. The molecule has 1 rings (SSSR count). The maximum absolute atomic E-state index is 2.37. The van der Waals surface area contributed by atoms with Crippen LogP contribution in [-0.4, -0.2) is 24.0 Å². The third kappa shape index (κ3) is 4.41. The molecule has 0 unspecified atom stereocenters. The van der Waals surface area contributed by atoms with Crippen LogP contribution >= 0.6 is 0 Å². The summed E-state index contributed by atoms with van der Waals surface area (Å²) in [5.41, 5.74) is 0.514. The largest absolute Gasteiger partial charge is 0.301 e. The van der Waals surface area contributed by atoms with E-state index in [0.717, 1.165) is 0 Å². The highest BCUT2D eigenvalue weighted by atomic mass is 15.2. The number of nitrogens with zero attached hydrogens (tertiary/aromatic N) is 1. The van der Waals surface area contributed by atoms with E-state index in [1.807, 2.05) is 27.7 Å². The van der Waals surface area contributed by atoms with Gasteiger partial charge in [0.1, 0.15) is 0 Å². The molecule has 1 saturated heterocycles. The molecule has 1 heteroatoms. The molecule has 0 spiro atoms. The minimum absolute atomic E-state index is 0.514. The van der Waals surface area contributed by atoms with Gasteiger partial charge in [0, 0.05) is 12.1 Å². The van der Waals surface area contributed by atoms with Crippen LogP contribution in [0.5, 0.6) is 0 Å². The molecular formula is C10H25N. The van der Waals surface area contributed by atoms with E-state index in [0.29, 0.717) is 5.54 Å². The van der Waals surface area contributed by atoms with Gasteiger partial charge in [0.15, 0.2) is 0 Å². The van der Waals surface area contributed by atoms with E-state index >= 15 is 0 Å². The topological polar surface area (TPSA) is 3.24 Å². The number of hydrogen-bond acceptors (Lipinski definition) is 1. The molecule has 0 aliphatic carbocycles. The van der Waals surface area contributed by atoms with E-state index in [2.05, 4.69) is 25.8 Å². The molecule has 0 saturated carbocycles. The number of likely N-dealkylation sites (tertiary alicyclic amines) is 1. The van der Waals surface area contributed by atoms with Gasteiger partial charge in [0.25, 0.3) is 0 Å². The predicted octanol–water partition coefficient (Wildman–Crippen LogP) is 3.15. The van der Waals surface area contributed by atoms with Crippen LogP contribution in [0.15, 0.2) is 0 Å². The predicted molar refractivity (Wildman–Crippen MR) is 54.0 cm³/mol. The second kappa shape index (κ2) is 6.66. The molecular weight excluding hydrogens is 134 g/mol. The molecule has 0 aromatic heterocycles. The minimum atomic E-state index is 0.514. The van der Waals surface area contributed by atoms with Gasteiger partial charge < -0.3 is 4.90 Å². The quantitative estimate of drug-likeness (QED) is 0.525. The summed E-state index contributed by atoms with van der Waals surface area (Å²) < 4.78 is 0. The average molecular weight is 159 g/mol. The van der Waals surface area contributed by atoms with Crippen molar-refractivity contribution in [2.24, 2.45) is 0 Å². The van der Waals surface area contributed by atoms with Crippen LogP contribution in [0.4, 0.5) is 0 Å². The highest BCUT2D eigenvalue weighted by molar-refractivity contribution is 4.88. The zero-order chi connectivity index (χ0) is 9.49. The minimum Gasteiger partial charge on any atom is -0.301 e. The van der Waals surface area contributed by atoms with Crippen molar-refractivity contribution in [1.29, 1.82) is 0 Å². The van der Waals surface area contributed by atoms with Gasteiger partial charge in [-0.15, -0.1) is 0 Å². The molecule has 0 N–H and O–H groups in total. The number of rotatable bonds is 0. The van der Waals surface area contributed by atoms with Gasteiger partial charge in [0.2, 0.25) is 0 Å². The Balaban J connectivity index is 0. The summed E-state index contributed by atoms with van der Waals surface area (Å²) in [4.78, 5) is 2.37. The Morgan fingerprint density at radius 1 is 1.00 bits per heavy atom. The Labute approximate surface area is 72.8 Å². The average Bonchev–Trinajstić information content (AvgIpc) is 2.09. The van der Waals surface area contributed by atoms with Gasteiger partial charge in [-0.2, -0.15) is 0 Å². The first-order valence-electron chi connectivity index (χ1n) is 4.84. The van der Waals surface area contributed by atoms with Crippen molar-refractivity contribution >= 4 is 0 Å². The Kier molecular flexibility index (Phi) is 8.20. The van der Waals surface area contributed by atoms with Crippen LogP contribution in [0, 0.1) is 0 Å². The molecule has 0 bridgehead atoms. The second-order valence-electron chi connectivity index (χ2n) is 2.98. The molecule has 0 amide bonds. The Bertz CT molecular complexity index is 76.9. The molecule has 0 aromatic rings. The fourth-order valence-electron chi connectivity index (χ4n) is 0.783. The Morgan fingerprint density at radius 3 is 1.27 bits per heavy atom. The molecule has 1 aliphatic heterocycles. The normalized spacial score (nSPS) is 19.9. The monoisotopic (exact) mass is 159 g/mol. The fraction of sp³-hybridized carbons (Fsp3) is 1.00. The SMILES string of the molecule is CC.CC.CN1CCC1(C)C. The van der Waals surface area contributed by atoms with Crippen molar-refractivity contribution in [3.63, 3.8) is 0 Å². The van der Waals surface area contributed by atoms with E-state index in [4.69, 9.17) is 0 Å². The summed E-state index contributed by atoms with van der Waals surface area (Å²) in [6.45, 7) is 13.8. The molecule has 1 aliphatic rings. The van der Waals surface area contributed by atoms with Crippen LogP contribution in [-0.2, 0) is 0 Å². The maximum atomic E-state index is 2.37. The van der Waals surface area contributed by atoms with Gasteiger partial charge in [-0.1, -0.05) is 27.7 Å². The van der Waals surface area contributed by atoms with Crippen molar-refractivity contribution in [3.05, 3.63) is 0 Å². The molecule has 1 fully saturated rings. The zero-order valence-corrected chi connectivity index (χ0v) is 9.36. The van der Waals surface area contributed by atoms with Crippen LogP contribution in [0.3, 0.4) is 0 Å². The van der Waals surface area contributed by atoms with Crippen LogP contribution in [0.2, 0.25) is 0 Å². The van der Waals surface area contributed by atoms with Crippen molar-refractivity contribution in [2.75, 3.05) is 13.6 Å². The first-order chi connectivity index (χ1) is 5.13. The summed E-state index contributed by atoms with van der Waals surface area (Å²) in [7, 11) is 2.17. The van der Waals surface area contributed by atoms with Gasteiger partial charge in [0.05, 0.1) is 0 Å². The first-order valence-corrected chi connectivity index (χ1v) is 4.84. The molecule has 0 atom stereocenters. The summed E-state index contributed by atoms with van der Waals surface area (Å²) in [5.74, 6) is 0. The maximum Gasteiger partial charge on any atom is 0.0162 e. The summed E-state index contributed by atoms with van der Waals surface area (Å²) in [6, 6.07) is 0. The number of hydrogen-bond donors (Lipinski definition) is 0. The van der Waals surface area contributed by atoms with Gasteiger partial charge in [-0.05, 0) is 27.3 Å². The van der Waals surface area contributed by atoms with E-state index in [1.165, 1.54) is 13.0 Å². The van der Waals surface area contributed by atoms with Crippen molar-refractivity contribution in [2.45, 2.75) is 53.5 Å². The van der Waals surface area contributed by atoms with Crippen molar-refractivity contribution < 1.29 is 0 Å². The van der Waals surface area contributed by atoms with E-state index in [9.17, 15) is 0 Å². The van der Waals surface area contributed by atoms with Crippen molar-refractivity contribution in [3.8, 4) is 0 Å². The van der Waals surface area contributed by atoms with Gasteiger partial charge in [-0.25, -0.2) is 0 Å². The third-order valence-electron chi connectivity index (χ3n) is 2.09. The van der Waals surface area contributed by atoms with Gasteiger partial charge in [-0.3, -0.25) is 0 Å². The summed E-state index contributed by atoms with van der Waals surface area (Å²) in [5, 5.41) is 0. The molecule has 1 heterocycles. The third-order valence-corrected chi connectivity index (χ3v) is 2.09. The smallest absolute Gasteiger partial charge is 0.0162 e. The lowest BCUT2D eigenvalue weighted by molar-refractivity contribution is 0.0451. The molecule has 70 valence electrons. The Morgan fingerprint density at radius 2 is 1.27 bits per heavy atom. The zero-order valence-electron chi connectivity index (χ0n) is 9.36. The van der Waals surface area contributed by atoms with E-state index in [1.54, 1.807) is 0 Å². The summed E-state index contributed by atoms with van der Waals surface area (Å²) in [6.07, 6.45) is 1.36. The van der Waals surface area contributed by atoms with Crippen LogP contribution in [0.25, 0.3) is 0 Å². The van der Waals surface area contributed by atoms with Crippen LogP contribution < -0.4 is 0 Å². The molecule has 0 aromatic carbocycles. The van der Waals surface area contributed by atoms with E-state index in [-0.39, 0.29) is 0 Å². The lowest BCUT2D eigenvalue weighted by atomic mass is 9.90. The summed E-state index contributed by atoms with van der Waals surface area (Å²) >= 11 is 0. The van der Waals surface area contributed by atoms with E-state index < -0.39 is 0 Å². The fourth-order valence-corrected chi connectivity index (χ4v) is 0.783. The van der Waals surface area contributed by atoms with Crippen LogP contribution in [0.1, 0.15) is 48.0 Å².